The number of carbonyl (C=O) groups is 2. The minimum absolute atomic E-state index is 0.0504. The molecule has 0 aliphatic heterocycles. The number of rotatable bonds is 40. The van der Waals surface area contributed by atoms with Crippen molar-refractivity contribution in [3.05, 3.63) is 36.5 Å². The Morgan fingerprint density at radius 1 is 0.566 bits per heavy atom. The quantitative estimate of drug-likeness (QED) is 0.0270. The van der Waals surface area contributed by atoms with Crippen LogP contribution in [-0.4, -0.2) is 49.3 Å². The highest BCUT2D eigenvalue weighted by Crippen LogP contribution is 2.43. The van der Waals surface area contributed by atoms with Crippen molar-refractivity contribution >= 4 is 19.8 Å². The highest BCUT2D eigenvalue weighted by atomic mass is 31.2. The van der Waals surface area contributed by atoms with Crippen molar-refractivity contribution in [2.75, 3.05) is 26.4 Å². The Bertz CT molecular complexity index is 970. The molecule has 0 aromatic rings. The topological polar surface area (TPSA) is 134 Å². The fourth-order valence-electron chi connectivity index (χ4n) is 5.78. The third-order valence-corrected chi connectivity index (χ3v) is 9.98. The third kappa shape index (κ3) is 39.7. The van der Waals surface area contributed by atoms with Gasteiger partial charge in [0.05, 0.1) is 13.2 Å². The molecule has 1 unspecified atom stereocenters. The number of unbranched alkanes of at least 4 members (excludes halogenated alkanes) is 21. The fourth-order valence-corrected chi connectivity index (χ4v) is 6.54. The maximum atomic E-state index is 12.6. The van der Waals surface area contributed by atoms with Gasteiger partial charge in [0, 0.05) is 19.4 Å². The van der Waals surface area contributed by atoms with E-state index in [9.17, 15) is 19.0 Å². The van der Waals surface area contributed by atoms with E-state index >= 15 is 0 Å². The summed E-state index contributed by atoms with van der Waals surface area (Å²) in [6.07, 6.45) is 43.1. The van der Waals surface area contributed by atoms with Crippen molar-refractivity contribution in [1.82, 2.24) is 0 Å². The molecule has 0 fully saturated rings. The second-order valence-electron chi connectivity index (χ2n) is 14.2. The summed E-state index contributed by atoms with van der Waals surface area (Å²) in [6, 6.07) is 0. The summed E-state index contributed by atoms with van der Waals surface area (Å²) in [5.74, 6) is -0.848. The van der Waals surface area contributed by atoms with Crippen molar-refractivity contribution in [1.29, 1.82) is 0 Å². The van der Waals surface area contributed by atoms with Gasteiger partial charge in [-0.25, -0.2) is 4.57 Å². The maximum Gasteiger partial charge on any atom is 0.472 e. The van der Waals surface area contributed by atoms with Crippen LogP contribution in [0.5, 0.6) is 0 Å². The normalized spacial score (nSPS) is 13.7. The maximum absolute atomic E-state index is 12.6. The van der Waals surface area contributed by atoms with Crippen LogP contribution in [0.3, 0.4) is 0 Å². The molecular formula is C43H80NO8P. The molecule has 0 bridgehead atoms. The Morgan fingerprint density at radius 3 is 1.49 bits per heavy atom. The smallest absolute Gasteiger partial charge is 0.462 e. The molecule has 0 aliphatic carbocycles. The number of ether oxygens (including phenoxy) is 2. The lowest BCUT2D eigenvalue weighted by Gasteiger charge is -2.19. The summed E-state index contributed by atoms with van der Waals surface area (Å²) in [6.45, 7) is 3.68. The van der Waals surface area contributed by atoms with E-state index in [0.717, 1.165) is 64.2 Å². The summed E-state index contributed by atoms with van der Waals surface area (Å²) < 4.78 is 32.7. The van der Waals surface area contributed by atoms with Crippen LogP contribution in [-0.2, 0) is 32.7 Å². The summed E-state index contributed by atoms with van der Waals surface area (Å²) in [5, 5.41) is 0. The number of hydrogen-bond acceptors (Lipinski definition) is 8. The predicted octanol–water partition coefficient (Wildman–Crippen LogP) is 12.2. The van der Waals surface area contributed by atoms with Gasteiger partial charge in [-0.05, 0) is 70.6 Å². The van der Waals surface area contributed by atoms with Crippen LogP contribution in [0.15, 0.2) is 36.5 Å². The van der Waals surface area contributed by atoms with E-state index in [2.05, 4.69) is 50.3 Å². The minimum Gasteiger partial charge on any atom is -0.462 e. The first kappa shape index (κ1) is 51.2. The molecule has 0 spiro atoms. The molecular weight excluding hydrogens is 689 g/mol. The molecule has 310 valence electrons. The number of carbonyl (C=O) groups excluding carboxylic acids is 2. The fraction of sp³-hybridized carbons (Fsp3) is 0.814. The van der Waals surface area contributed by atoms with Crippen molar-refractivity contribution in [2.24, 2.45) is 5.73 Å². The van der Waals surface area contributed by atoms with Crippen LogP contribution < -0.4 is 5.73 Å². The summed E-state index contributed by atoms with van der Waals surface area (Å²) >= 11 is 0. The Morgan fingerprint density at radius 2 is 0.981 bits per heavy atom. The van der Waals surface area contributed by atoms with Gasteiger partial charge in [0.2, 0.25) is 0 Å². The van der Waals surface area contributed by atoms with Gasteiger partial charge in [0.25, 0.3) is 0 Å². The first-order valence-corrected chi connectivity index (χ1v) is 23.0. The van der Waals surface area contributed by atoms with E-state index in [0.29, 0.717) is 12.8 Å². The average Bonchev–Trinajstić information content (AvgIpc) is 3.14. The van der Waals surface area contributed by atoms with Gasteiger partial charge in [0.1, 0.15) is 6.61 Å². The van der Waals surface area contributed by atoms with Crippen molar-refractivity contribution in [2.45, 2.75) is 200 Å². The van der Waals surface area contributed by atoms with Crippen molar-refractivity contribution < 1.29 is 37.6 Å². The Labute approximate surface area is 324 Å². The van der Waals surface area contributed by atoms with E-state index in [-0.39, 0.29) is 32.6 Å². The van der Waals surface area contributed by atoms with Gasteiger partial charge in [0.15, 0.2) is 6.10 Å². The molecule has 3 N–H and O–H groups in total. The zero-order valence-electron chi connectivity index (χ0n) is 34.0. The number of hydrogen-bond donors (Lipinski definition) is 2. The monoisotopic (exact) mass is 770 g/mol. The molecule has 0 heterocycles. The van der Waals surface area contributed by atoms with Crippen molar-refractivity contribution in [3.8, 4) is 0 Å². The van der Waals surface area contributed by atoms with E-state index in [1.165, 1.54) is 89.9 Å². The average molecular weight is 770 g/mol. The summed E-state index contributed by atoms with van der Waals surface area (Å²) in [5.41, 5.74) is 5.34. The van der Waals surface area contributed by atoms with E-state index in [1.807, 2.05) is 0 Å². The van der Waals surface area contributed by atoms with Crippen LogP contribution in [0.2, 0.25) is 0 Å². The second kappa shape index (κ2) is 39.9. The molecule has 10 heteroatoms. The van der Waals surface area contributed by atoms with Crippen LogP contribution in [0.25, 0.3) is 0 Å². The standard InChI is InChI=1S/C43H80NO8P/c1-3-5-7-9-11-13-15-17-19-20-22-24-26-28-30-32-34-36-43(46)52-41(40-51-53(47,48)50-38-37-44)39-49-42(45)35-33-31-29-27-25-23-21-18-16-14-12-10-8-6-4-2/h12,14,17-19,21,41H,3-11,13,15-16,20,22-40,44H2,1-2H3,(H,47,48)/t41-/m1/s1. The van der Waals surface area contributed by atoms with Crippen LogP contribution in [0.4, 0.5) is 0 Å². The molecule has 9 nitrogen and oxygen atoms in total. The molecule has 0 aromatic heterocycles. The van der Waals surface area contributed by atoms with Crippen LogP contribution >= 0.6 is 7.82 Å². The van der Waals surface area contributed by atoms with E-state index in [1.54, 1.807) is 0 Å². The lowest BCUT2D eigenvalue weighted by molar-refractivity contribution is -0.161. The lowest BCUT2D eigenvalue weighted by atomic mass is 10.1. The van der Waals surface area contributed by atoms with Gasteiger partial charge in [-0.15, -0.1) is 0 Å². The second-order valence-corrected chi connectivity index (χ2v) is 15.7. The summed E-state index contributed by atoms with van der Waals surface area (Å²) in [7, 11) is -4.38. The Kier molecular flexibility index (Phi) is 38.6. The molecule has 53 heavy (non-hydrogen) atoms. The predicted molar refractivity (Wildman–Crippen MR) is 220 cm³/mol. The minimum atomic E-state index is -4.38. The first-order valence-electron chi connectivity index (χ1n) is 21.5. The number of phosphoric ester groups is 1. The zero-order chi connectivity index (χ0) is 38.9. The largest absolute Gasteiger partial charge is 0.472 e. The number of allylic oxidation sites excluding steroid dienone is 6. The Hall–Kier alpha value is -1.77. The molecule has 0 amide bonds. The molecule has 0 aliphatic rings. The molecule has 0 saturated carbocycles. The first-order chi connectivity index (χ1) is 25.8. The van der Waals surface area contributed by atoms with Gasteiger partial charge >= 0.3 is 19.8 Å². The lowest BCUT2D eigenvalue weighted by Crippen LogP contribution is -2.29. The van der Waals surface area contributed by atoms with Gasteiger partial charge in [-0.3, -0.25) is 18.6 Å². The molecule has 0 radical (unpaired) electrons. The van der Waals surface area contributed by atoms with E-state index < -0.39 is 32.5 Å². The summed E-state index contributed by atoms with van der Waals surface area (Å²) in [4.78, 5) is 34.8. The Balaban J connectivity index is 4.18. The molecule has 0 saturated heterocycles. The van der Waals surface area contributed by atoms with Crippen molar-refractivity contribution in [3.63, 3.8) is 0 Å². The van der Waals surface area contributed by atoms with Crippen LogP contribution in [0, 0.1) is 0 Å². The van der Waals surface area contributed by atoms with E-state index in [4.69, 9.17) is 24.3 Å². The van der Waals surface area contributed by atoms with Gasteiger partial charge < -0.3 is 20.1 Å². The third-order valence-electron chi connectivity index (χ3n) is 9.00. The van der Waals surface area contributed by atoms with Gasteiger partial charge in [-0.2, -0.15) is 0 Å². The SMILES string of the molecule is CCCCCC=CCC=CCCCCCCCC(=O)OC[C@H](COP(=O)(O)OCCN)OC(=O)CCCCCCCCCC=CCCCCCCCC. The molecule has 0 aromatic carbocycles. The molecule has 0 rings (SSSR count). The number of esters is 2. The molecule has 2 atom stereocenters. The highest BCUT2D eigenvalue weighted by Gasteiger charge is 2.26. The number of phosphoric acid groups is 1. The van der Waals surface area contributed by atoms with Gasteiger partial charge in [-0.1, -0.05) is 147 Å². The highest BCUT2D eigenvalue weighted by molar-refractivity contribution is 7.47. The number of nitrogens with two attached hydrogens (primary N) is 1. The van der Waals surface area contributed by atoms with Crippen LogP contribution in [0.1, 0.15) is 194 Å². The zero-order valence-corrected chi connectivity index (χ0v) is 34.9.